The highest BCUT2D eigenvalue weighted by Crippen LogP contribution is 2.43. The summed E-state index contributed by atoms with van der Waals surface area (Å²) in [7, 11) is 1.55. The SMILES string of the molecule is COc1cc(C2CCCc3nc(SCc4c(F)cccc4Cl)n(-c4ccc(F)cc4F)c32)ccc1Cl. The van der Waals surface area contributed by atoms with Gasteiger partial charge in [0.25, 0.3) is 0 Å². The summed E-state index contributed by atoms with van der Waals surface area (Å²) < 4.78 is 50.5. The van der Waals surface area contributed by atoms with Crippen molar-refractivity contribution in [1.29, 1.82) is 0 Å². The van der Waals surface area contributed by atoms with Gasteiger partial charge in [0.15, 0.2) is 5.16 Å². The molecular weight excluding hydrogens is 528 g/mol. The Labute approximate surface area is 221 Å². The first-order valence-corrected chi connectivity index (χ1v) is 13.1. The molecule has 0 aliphatic heterocycles. The van der Waals surface area contributed by atoms with Gasteiger partial charge in [0, 0.05) is 28.3 Å². The highest BCUT2D eigenvalue weighted by atomic mass is 35.5. The molecule has 0 amide bonds. The molecule has 186 valence electrons. The lowest BCUT2D eigenvalue weighted by Crippen LogP contribution is -2.16. The van der Waals surface area contributed by atoms with Crippen molar-refractivity contribution in [3.63, 3.8) is 0 Å². The number of halogens is 5. The van der Waals surface area contributed by atoms with Crippen molar-refractivity contribution in [3.8, 4) is 11.4 Å². The minimum atomic E-state index is -0.709. The average Bonchev–Trinajstić information content (AvgIpc) is 3.22. The van der Waals surface area contributed by atoms with Gasteiger partial charge in [-0.2, -0.15) is 0 Å². The van der Waals surface area contributed by atoms with Crippen LogP contribution >= 0.6 is 35.0 Å². The van der Waals surface area contributed by atoms with E-state index in [2.05, 4.69) is 0 Å². The standard InChI is InChI=1S/C27H21Cl2F3N2OS/c1-35-25-12-15(8-10-20(25)29)17-4-2-7-23-26(17)34(24-11-9-16(30)13-22(24)32)27(33-23)36-14-18-19(28)5-3-6-21(18)31/h3,5-6,8-13,17H,2,4,7,14H2,1H3. The third kappa shape index (κ3) is 4.72. The second kappa shape index (κ2) is 10.4. The first-order valence-electron chi connectivity index (χ1n) is 11.3. The van der Waals surface area contributed by atoms with Gasteiger partial charge < -0.3 is 4.74 Å². The van der Waals surface area contributed by atoms with E-state index >= 15 is 4.39 Å². The number of fused-ring (bicyclic) bond motifs is 1. The smallest absolute Gasteiger partial charge is 0.173 e. The summed E-state index contributed by atoms with van der Waals surface area (Å²) >= 11 is 13.7. The molecule has 0 bridgehead atoms. The maximum Gasteiger partial charge on any atom is 0.173 e. The van der Waals surface area contributed by atoms with E-state index in [9.17, 15) is 8.78 Å². The van der Waals surface area contributed by atoms with E-state index in [1.165, 1.54) is 30.0 Å². The van der Waals surface area contributed by atoms with Crippen molar-refractivity contribution >= 4 is 35.0 Å². The number of nitrogens with zero attached hydrogens (tertiary/aromatic N) is 2. The van der Waals surface area contributed by atoms with Gasteiger partial charge in [0.1, 0.15) is 23.2 Å². The van der Waals surface area contributed by atoms with Gasteiger partial charge in [-0.05, 0) is 61.2 Å². The molecule has 0 fully saturated rings. The zero-order chi connectivity index (χ0) is 25.4. The molecule has 0 saturated heterocycles. The normalized spacial score (nSPS) is 15.1. The summed E-state index contributed by atoms with van der Waals surface area (Å²) in [6.45, 7) is 0. The number of hydrogen-bond acceptors (Lipinski definition) is 3. The highest BCUT2D eigenvalue weighted by molar-refractivity contribution is 7.98. The Morgan fingerprint density at radius 1 is 1.03 bits per heavy atom. The van der Waals surface area contributed by atoms with E-state index in [0.717, 1.165) is 35.9 Å². The van der Waals surface area contributed by atoms with Crippen LogP contribution in [-0.4, -0.2) is 16.7 Å². The number of rotatable bonds is 6. The monoisotopic (exact) mass is 548 g/mol. The Balaban J connectivity index is 1.65. The molecule has 1 atom stereocenters. The zero-order valence-electron chi connectivity index (χ0n) is 19.2. The second-order valence-corrected chi connectivity index (χ2v) is 10.2. The van der Waals surface area contributed by atoms with Crippen LogP contribution in [0.1, 0.15) is 41.3 Å². The average molecular weight is 549 g/mol. The minimum Gasteiger partial charge on any atom is -0.495 e. The molecule has 5 rings (SSSR count). The third-order valence-corrected chi connectivity index (χ3v) is 7.96. The lowest BCUT2D eigenvalue weighted by molar-refractivity contribution is 0.414. The van der Waals surface area contributed by atoms with Crippen LogP contribution in [0.15, 0.2) is 59.8 Å². The second-order valence-electron chi connectivity index (χ2n) is 8.49. The van der Waals surface area contributed by atoms with Gasteiger partial charge in [0.2, 0.25) is 0 Å². The molecule has 3 nitrogen and oxygen atoms in total. The first-order chi connectivity index (χ1) is 17.4. The summed E-state index contributed by atoms with van der Waals surface area (Å²) in [6, 6.07) is 13.6. The van der Waals surface area contributed by atoms with Crippen molar-refractivity contribution in [2.45, 2.75) is 36.1 Å². The first kappa shape index (κ1) is 25.1. The van der Waals surface area contributed by atoms with Crippen molar-refractivity contribution < 1.29 is 17.9 Å². The Bertz CT molecular complexity index is 1420. The van der Waals surface area contributed by atoms with Crippen LogP contribution in [0.5, 0.6) is 5.75 Å². The number of aromatic nitrogens is 2. The quantitative estimate of drug-likeness (QED) is 0.226. The molecule has 0 radical (unpaired) electrons. The van der Waals surface area contributed by atoms with Gasteiger partial charge in [-0.3, -0.25) is 4.57 Å². The van der Waals surface area contributed by atoms with Gasteiger partial charge in [-0.1, -0.05) is 47.1 Å². The van der Waals surface area contributed by atoms with Gasteiger partial charge in [-0.15, -0.1) is 0 Å². The van der Waals surface area contributed by atoms with Gasteiger partial charge in [0.05, 0.1) is 29.2 Å². The van der Waals surface area contributed by atoms with Crippen LogP contribution in [0.4, 0.5) is 13.2 Å². The fourth-order valence-electron chi connectivity index (χ4n) is 4.62. The molecule has 1 aliphatic carbocycles. The maximum atomic E-state index is 15.1. The predicted octanol–water partition coefficient (Wildman–Crippen LogP) is 8.37. The number of aryl methyl sites for hydroxylation is 1. The largest absolute Gasteiger partial charge is 0.495 e. The van der Waals surface area contributed by atoms with Crippen LogP contribution in [0, 0.1) is 17.5 Å². The molecule has 0 spiro atoms. The molecule has 0 N–H and O–H groups in total. The fraction of sp³-hybridized carbons (Fsp3) is 0.222. The molecule has 0 saturated carbocycles. The van der Waals surface area contributed by atoms with E-state index < -0.39 is 17.5 Å². The van der Waals surface area contributed by atoms with Crippen molar-refractivity contribution in [2.75, 3.05) is 7.11 Å². The molecule has 36 heavy (non-hydrogen) atoms. The predicted molar refractivity (Wildman–Crippen MR) is 137 cm³/mol. The van der Waals surface area contributed by atoms with Crippen LogP contribution in [0.2, 0.25) is 10.0 Å². The Hall–Kier alpha value is -2.61. The number of benzene rings is 3. The van der Waals surface area contributed by atoms with E-state index in [4.69, 9.17) is 32.9 Å². The van der Waals surface area contributed by atoms with E-state index in [0.29, 0.717) is 32.9 Å². The van der Waals surface area contributed by atoms with Crippen LogP contribution in [0.25, 0.3) is 5.69 Å². The molecule has 1 heterocycles. The molecule has 3 aromatic carbocycles. The Kier molecular flexibility index (Phi) is 7.24. The van der Waals surface area contributed by atoms with Gasteiger partial charge >= 0.3 is 0 Å². The van der Waals surface area contributed by atoms with E-state index in [-0.39, 0.29) is 17.4 Å². The fourth-order valence-corrected chi connectivity index (χ4v) is 6.19. The van der Waals surface area contributed by atoms with Gasteiger partial charge in [-0.25, -0.2) is 18.2 Å². The molecule has 1 unspecified atom stereocenters. The molecule has 9 heteroatoms. The molecule has 4 aromatic rings. The van der Waals surface area contributed by atoms with E-state index in [1.807, 2.05) is 12.1 Å². The van der Waals surface area contributed by atoms with E-state index in [1.54, 1.807) is 29.9 Å². The van der Waals surface area contributed by atoms with Crippen molar-refractivity contribution in [3.05, 3.63) is 105 Å². The number of ether oxygens (including phenoxy) is 1. The maximum absolute atomic E-state index is 15.1. The minimum absolute atomic E-state index is 0.122. The summed E-state index contributed by atoms with van der Waals surface area (Å²) in [6.07, 6.45) is 2.39. The number of imidazole rings is 1. The van der Waals surface area contributed by atoms with Crippen molar-refractivity contribution in [2.24, 2.45) is 0 Å². The lowest BCUT2D eigenvalue weighted by Gasteiger charge is -2.26. The third-order valence-electron chi connectivity index (χ3n) is 6.33. The summed E-state index contributed by atoms with van der Waals surface area (Å²) in [5, 5.41) is 1.29. The summed E-state index contributed by atoms with van der Waals surface area (Å²) in [4.78, 5) is 4.84. The summed E-state index contributed by atoms with van der Waals surface area (Å²) in [5.41, 5.74) is 3.12. The molecule has 1 aromatic heterocycles. The summed E-state index contributed by atoms with van der Waals surface area (Å²) in [5.74, 6) is -1.18. The van der Waals surface area contributed by atoms with Crippen LogP contribution in [-0.2, 0) is 12.2 Å². The lowest BCUT2D eigenvalue weighted by atomic mass is 9.84. The molecular formula is C27H21Cl2F3N2OS. The number of methoxy groups -OCH3 is 1. The topological polar surface area (TPSA) is 27.1 Å². The Morgan fingerprint density at radius 3 is 2.61 bits per heavy atom. The molecule has 1 aliphatic rings. The number of hydrogen-bond donors (Lipinski definition) is 0. The highest BCUT2D eigenvalue weighted by Gasteiger charge is 2.31. The van der Waals surface area contributed by atoms with Crippen LogP contribution < -0.4 is 4.74 Å². The van der Waals surface area contributed by atoms with Crippen molar-refractivity contribution in [1.82, 2.24) is 9.55 Å². The Morgan fingerprint density at radius 2 is 1.86 bits per heavy atom. The van der Waals surface area contributed by atoms with Crippen LogP contribution in [0.3, 0.4) is 0 Å². The number of thioether (sulfide) groups is 1. The zero-order valence-corrected chi connectivity index (χ0v) is 21.5.